The third-order valence-corrected chi connectivity index (χ3v) is 6.74. The van der Waals surface area contributed by atoms with E-state index in [0.717, 1.165) is 11.3 Å². The molecule has 0 fully saturated rings. The minimum atomic E-state index is -1.15. The number of aliphatic hydroxyl groups excluding tert-OH is 1. The Morgan fingerprint density at radius 1 is 1.03 bits per heavy atom. The molecule has 0 bridgehead atoms. The molecular formula is C23H40N4O5S. The molecule has 3 N–H and O–H groups in total. The van der Waals surface area contributed by atoms with Gasteiger partial charge in [0, 0.05) is 24.9 Å². The predicted molar refractivity (Wildman–Crippen MR) is 129 cm³/mol. The number of aromatic nitrogens is 1. The number of thiazole rings is 1. The van der Waals surface area contributed by atoms with Crippen LogP contribution in [0.3, 0.4) is 0 Å². The fraction of sp³-hybridized carbons (Fsp3) is 0.739. The highest BCUT2D eigenvalue weighted by Gasteiger charge is 2.35. The summed E-state index contributed by atoms with van der Waals surface area (Å²) in [5.74, 6) is -1.61. The number of nitrogens with one attached hydrogen (secondary N) is 1. The lowest BCUT2D eigenvalue weighted by Gasteiger charge is -2.37. The lowest BCUT2D eigenvalue weighted by molar-refractivity contribution is -0.141. The number of aromatic carboxylic acids is 1. The highest BCUT2D eigenvalue weighted by Crippen LogP contribution is 2.27. The van der Waals surface area contributed by atoms with E-state index in [1.165, 1.54) is 5.38 Å². The standard InChI is InChI=1S/C23H40N4O5S/c1-12(2)16(10-17(28)21-24-15(11-33-21)23(31)32)27(9)22(30)18(13(3)4)25-20(29)19(14(5)6)26(7)8/h11-14,16-19,28H,10H2,1-9H3,(H,25,29)(H,31,32)/t16-,17-,18+,19-/m1/s1. The van der Waals surface area contributed by atoms with Gasteiger partial charge in [0.1, 0.15) is 17.2 Å². The summed E-state index contributed by atoms with van der Waals surface area (Å²) in [5.41, 5.74) is -0.109. The smallest absolute Gasteiger partial charge is 0.355 e. The second-order valence-electron chi connectivity index (χ2n) is 9.77. The molecule has 0 spiro atoms. The van der Waals surface area contributed by atoms with Crippen LogP contribution in [0, 0.1) is 17.8 Å². The zero-order chi connectivity index (χ0) is 25.6. The van der Waals surface area contributed by atoms with Gasteiger partial charge in [0.05, 0.1) is 6.04 Å². The van der Waals surface area contributed by atoms with Gasteiger partial charge in [-0.15, -0.1) is 11.3 Å². The summed E-state index contributed by atoms with van der Waals surface area (Å²) >= 11 is 1.08. The van der Waals surface area contributed by atoms with Gasteiger partial charge >= 0.3 is 5.97 Å². The minimum Gasteiger partial charge on any atom is -0.476 e. The van der Waals surface area contributed by atoms with E-state index in [1.807, 2.05) is 60.5 Å². The molecular weight excluding hydrogens is 444 g/mol. The number of likely N-dealkylation sites (N-methyl/N-ethyl adjacent to an activating group) is 2. The van der Waals surface area contributed by atoms with Crippen molar-refractivity contribution in [2.75, 3.05) is 21.1 Å². The van der Waals surface area contributed by atoms with E-state index in [4.69, 9.17) is 5.11 Å². The van der Waals surface area contributed by atoms with Crippen molar-refractivity contribution in [1.82, 2.24) is 20.1 Å². The number of carbonyl (C=O) groups excluding carboxylic acids is 2. The van der Waals surface area contributed by atoms with Crippen LogP contribution in [-0.4, -0.2) is 82.0 Å². The molecule has 33 heavy (non-hydrogen) atoms. The van der Waals surface area contributed by atoms with E-state index in [2.05, 4.69) is 10.3 Å². The van der Waals surface area contributed by atoms with E-state index in [1.54, 1.807) is 11.9 Å². The first kappa shape index (κ1) is 29.0. The quantitative estimate of drug-likeness (QED) is 0.416. The Morgan fingerprint density at radius 3 is 2.00 bits per heavy atom. The van der Waals surface area contributed by atoms with Crippen LogP contribution >= 0.6 is 11.3 Å². The number of hydrogen-bond donors (Lipinski definition) is 3. The van der Waals surface area contributed by atoms with E-state index < -0.39 is 18.1 Å². The van der Waals surface area contributed by atoms with Gasteiger partial charge in [0.25, 0.3) is 0 Å². The van der Waals surface area contributed by atoms with Crippen LogP contribution in [0.25, 0.3) is 0 Å². The van der Waals surface area contributed by atoms with Crippen LogP contribution in [0.15, 0.2) is 5.38 Å². The summed E-state index contributed by atoms with van der Waals surface area (Å²) in [4.78, 5) is 45.0. The lowest BCUT2D eigenvalue weighted by atomic mass is 9.94. The van der Waals surface area contributed by atoms with Gasteiger partial charge in [-0.2, -0.15) is 0 Å². The van der Waals surface area contributed by atoms with Crippen molar-refractivity contribution in [1.29, 1.82) is 0 Å². The third-order valence-electron chi connectivity index (χ3n) is 5.79. The van der Waals surface area contributed by atoms with E-state index in [-0.39, 0.29) is 53.8 Å². The predicted octanol–water partition coefficient (Wildman–Crippen LogP) is 2.47. The van der Waals surface area contributed by atoms with Crippen LogP contribution in [0.2, 0.25) is 0 Å². The first-order valence-corrected chi connectivity index (χ1v) is 12.2. The van der Waals surface area contributed by atoms with Gasteiger partial charge in [-0.05, 0) is 31.8 Å². The highest BCUT2D eigenvalue weighted by molar-refractivity contribution is 7.09. The molecule has 0 saturated carbocycles. The molecule has 0 saturated heterocycles. The average Bonchev–Trinajstić information content (AvgIpc) is 3.18. The molecule has 1 aromatic rings. The van der Waals surface area contributed by atoms with E-state index in [9.17, 15) is 19.5 Å². The number of carboxylic acids is 1. The van der Waals surface area contributed by atoms with Crippen LogP contribution in [0.4, 0.5) is 0 Å². The molecule has 0 aliphatic heterocycles. The second kappa shape index (κ2) is 12.4. The first-order chi connectivity index (χ1) is 15.2. The Labute approximate surface area is 201 Å². The normalized spacial score (nSPS) is 15.6. The molecule has 1 aromatic heterocycles. The van der Waals surface area contributed by atoms with Crippen LogP contribution in [0.5, 0.6) is 0 Å². The van der Waals surface area contributed by atoms with Crippen molar-refractivity contribution in [3.05, 3.63) is 16.1 Å². The van der Waals surface area contributed by atoms with Crippen LogP contribution in [-0.2, 0) is 9.59 Å². The average molecular weight is 485 g/mol. The Morgan fingerprint density at radius 2 is 1.61 bits per heavy atom. The fourth-order valence-electron chi connectivity index (χ4n) is 4.01. The fourth-order valence-corrected chi connectivity index (χ4v) is 4.80. The molecule has 4 atom stereocenters. The van der Waals surface area contributed by atoms with Crippen molar-refractivity contribution >= 4 is 29.1 Å². The van der Waals surface area contributed by atoms with Crippen molar-refractivity contribution in [3.63, 3.8) is 0 Å². The molecule has 0 radical (unpaired) electrons. The van der Waals surface area contributed by atoms with Gasteiger partial charge in [-0.3, -0.25) is 14.5 Å². The van der Waals surface area contributed by atoms with E-state index >= 15 is 0 Å². The molecule has 188 valence electrons. The Balaban J connectivity index is 3.05. The number of nitrogens with zero attached hydrogens (tertiary/aromatic N) is 3. The van der Waals surface area contributed by atoms with Crippen molar-refractivity contribution < 1.29 is 24.6 Å². The second-order valence-corrected chi connectivity index (χ2v) is 10.7. The Bertz CT molecular complexity index is 801. The van der Waals surface area contributed by atoms with Crippen molar-refractivity contribution in [3.8, 4) is 0 Å². The maximum atomic E-state index is 13.5. The van der Waals surface area contributed by atoms with Crippen molar-refractivity contribution in [2.24, 2.45) is 17.8 Å². The van der Waals surface area contributed by atoms with Gasteiger partial charge in [-0.25, -0.2) is 9.78 Å². The zero-order valence-electron chi connectivity index (χ0n) is 21.2. The van der Waals surface area contributed by atoms with E-state index in [0.29, 0.717) is 5.01 Å². The number of carbonyl (C=O) groups is 3. The Hall–Kier alpha value is -2.04. The molecule has 1 heterocycles. The summed E-state index contributed by atoms with van der Waals surface area (Å²) in [6.45, 7) is 11.6. The highest BCUT2D eigenvalue weighted by atomic mass is 32.1. The molecule has 2 amide bonds. The van der Waals surface area contributed by atoms with Crippen LogP contribution < -0.4 is 5.32 Å². The van der Waals surface area contributed by atoms with Crippen molar-refractivity contribution in [2.45, 2.75) is 72.2 Å². The van der Waals surface area contributed by atoms with Gasteiger partial charge in [-0.1, -0.05) is 41.5 Å². The largest absolute Gasteiger partial charge is 0.476 e. The number of carboxylic acid groups (broad SMARTS) is 1. The molecule has 10 heteroatoms. The first-order valence-electron chi connectivity index (χ1n) is 11.3. The molecule has 0 aliphatic rings. The monoisotopic (exact) mass is 484 g/mol. The number of amides is 2. The Kier molecular flexibility index (Phi) is 10.9. The summed E-state index contributed by atoms with van der Waals surface area (Å²) in [7, 11) is 5.36. The number of hydrogen-bond acceptors (Lipinski definition) is 7. The topological polar surface area (TPSA) is 123 Å². The van der Waals surface area contributed by atoms with Crippen LogP contribution in [0.1, 0.15) is 69.6 Å². The lowest BCUT2D eigenvalue weighted by Crippen LogP contribution is -2.57. The zero-order valence-corrected chi connectivity index (χ0v) is 22.0. The minimum absolute atomic E-state index is 0.0150. The summed E-state index contributed by atoms with van der Waals surface area (Å²) in [6, 6.07) is -1.40. The summed E-state index contributed by atoms with van der Waals surface area (Å²) in [5, 5.41) is 24.4. The maximum absolute atomic E-state index is 13.5. The summed E-state index contributed by atoms with van der Waals surface area (Å²) < 4.78 is 0. The van der Waals surface area contributed by atoms with Gasteiger partial charge in [0.2, 0.25) is 11.8 Å². The SMILES string of the molecule is CC(C)[C@H](NC(=O)[C@@H](C(C)C)N(C)C)C(=O)N(C)[C@H](C[C@@H](O)c1nc(C(=O)O)cs1)C(C)C. The molecule has 0 unspecified atom stereocenters. The molecule has 0 aromatic carbocycles. The van der Waals surface area contributed by atoms with Gasteiger partial charge < -0.3 is 20.4 Å². The molecule has 9 nitrogen and oxygen atoms in total. The number of aliphatic hydroxyl groups is 1. The third kappa shape index (κ3) is 7.75. The molecule has 0 aliphatic carbocycles. The van der Waals surface area contributed by atoms with Gasteiger partial charge in [0.15, 0.2) is 5.69 Å². The summed E-state index contributed by atoms with van der Waals surface area (Å²) in [6.07, 6.45) is -0.797. The molecule has 1 rings (SSSR count). The maximum Gasteiger partial charge on any atom is 0.355 e. The number of rotatable bonds is 12.